The molecule has 1 saturated carbocycles. The number of carboxylic acid groups (broad SMARTS) is 1. The van der Waals surface area contributed by atoms with Gasteiger partial charge in [-0.05, 0) is 31.0 Å². The number of anilines is 1. The van der Waals surface area contributed by atoms with E-state index in [0.29, 0.717) is 10.7 Å². The molecule has 1 aliphatic carbocycles. The van der Waals surface area contributed by atoms with Crippen molar-refractivity contribution >= 4 is 29.2 Å². The van der Waals surface area contributed by atoms with Gasteiger partial charge in [-0.1, -0.05) is 24.4 Å². The number of nitrogens with zero attached hydrogens (tertiary/aromatic N) is 1. The van der Waals surface area contributed by atoms with Gasteiger partial charge in [-0.3, -0.25) is 4.79 Å². The van der Waals surface area contributed by atoms with E-state index in [1.165, 1.54) is 12.1 Å². The molecular formula is C14H17ClN2O3. The lowest BCUT2D eigenvalue weighted by Crippen LogP contribution is -2.40. The van der Waals surface area contributed by atoms with Crippen molar-refractivity contribution in [2.24, 2.45) is 5.73 Å². The Bertz CT molecular complexity index is 527. The summed E-state index contributed by atoms with van der Waals surface area (Å²) in [5.41, 5.74) is 6.11. The molecule has 1 fully saturated rings. The van der Waals surface area contributed by atoms with E-state index in [2.05, 4.69) is 0 Å². The Kier molecular flexibility index (Phi) is 4.49. The molecule has 0 radical (unpaired) electrons. The summed E-state index contributed by atoms with van der Waals surface area (Å²) in [7, 11) is 0. The van der Waals surface area contributed by atoms with Gasteiger partial charge in [-0.15, -0.1) is 0 Å². The number of carboxylic acids is 1. The van der Waals surface area contributed by atoms with Crippen LogP contribution >= 0.6 is 11.6 Å². The van der Waals surface area contributed by atoms with Crippen LogP contribution in [0.5, 0.6) is 0 Å². The van der Waals surface area contributed by atoms with Crippen molar-refractivity contribution in [1.29, 1.82) is 0 Å². The second-order valence-electron chi connectivity index (χ2n) is 5.00. The highest BCUT2D eigenvalue weighted by molar-refractivity contribution is 6.33. The van der Waals surface area contributed by atoms with E-state index >= 15 is 0 Å². The first-order valence-corrected chi connectivity index (χ1v) is 6.94. The minimum atomic E-state index is -1.03. The number of primary amides is 1. The smallest absolute Gasteiger partial charge is 0.335 e. The molecule has 0 aliphatic heterocycles. The van der Waals surface area contributed by atoms with Gasteiger partial charge in [0.25, 0.3) is 0 Å². The second kappa shape index (κ2) is 6.13. The number of hydrogen-bond acceptors (Lipinski definition) is 3. The van der Waals surface area contributed by atoms with E-state index in [1.807, 2.05) is 4.90 Å². The Morgan fingerprint density at radius 3 is 2.50 bits per heavy atom. The first kappa shape index (κ1) is 14.7. The molecule has 1 amide bonds. The van der Waals surface area contributed by atoms with Crippen LogP contribution in [0.3, 0.4) is 0 Å². The maximum atomic E-state index is 11.3. The predicted octanol–water partition coefficient (Wildman–Crippen LogP) is 2.27. The summed E-state index contributed by atoms with van der Waals surface area (Å²) in [6.45, 7) is 0.0941. The highest BCUT2D eigenvalue weighted by Gasteiger charge is 2.25. The van der Waals surface area contributed by atoms with Crippen molar-refractivity contribution in [1.82, 2.24) is 0 Å². The van der Waals surface area contributed by atoms with E-state index in [0.717, 1.165) is 25.7 Å². The fraction of sp³-hybridized carbons (Fsp3) is 0.429. The maximum Gasteiger partial charge on any atom is 0.335 e. The zero-order chi connectivity index (χ0) is 14.7. The summed E-state index contributed by atoms with van der Waals surface area (Å²) < 4.78 is 0. The number of nitrogens with two attached hydrogens (primary N) is 1. The van der Waals surface area contributed by atoms with Crippen LogP contribution in [0, 0.1) is 0 Å². The normalized spacial score (nSPS) is 15.2. The Hall–Kier alpha value is -1.75. The third-order valence-electron chi connectivity index (χ3n) is 3.60. The summed E-state index contributed by atoms with van der Waals surface area (Å²) in [6.07, 6.45) is 4.21. The van der Waals surface area contributed by atoms with Crippen molar-refractivity contribution in [3.8, 4) is 0 Å². The van der Waals surface area contributed by atoms with Gasteiger partial charge in [-0.25, -0.2) is 4.79 Å². The van der Waals surface area contributed by atoms with Gasteiger partial charge in [0.15, 0.2) is 0 Å². The molecule has 0 heterocycles. The van der Waals surface area contributed by atoms with E-state index in [1.54, 1.807) is 6.07 Å². The standard InChI is InChI=1S/C14H17ClN2O3/c15-11-7-9(14(19)20)5-6-12(11)17(8-13(16)18)10-3-1-2-4-10/h5-7,10H,1-4,8H2,(H2,16,18)(H,19,20). The number of benzene rings is 1. The summed E-state index contributed by atoms with van der Waals surface area (Å²) in [4.78, 5) is 24.1. The van der Waals surface area contributed by atoms with Crippen LogP contribution in [0.1, 0.15) is 36.0 Å². The van der Waals surface area contributed by atoms with Gasteiger partial charge >= 0.3 is 5.97 Å². The van der Waals surface area contributed by atoms with Crippen molar-refractivity contribution in [2.45, 2.75) is 31.7 Å². The Morgan fingerprint density at radius 2 is 2.00 bits per heavy atom. The summed E-state index contributed by atoms with van der Waals surface area (Å²) >= 11 is 6.17. The number of carbonyl (C=O) groups excluding carboxylic acids is 1. The molecule has 20 heavy (non-hydrogen) atoms. The second-order valence-corrected chi connectivity index (χ2v) is 5.41. The van der Waals surface area contributed by atoms with Gasteiger partial charge in [0.1, 0.15) is 0 Å². The molecule has 1 aromatic carbocycles. The average molecular weight is 297 g/mol. The largest absolute Gasteiger partial charge is 0.478 e. The molecule has 0 atom stereocenters. The van der Waals surface area contributed by atoms with Gasteiger partial charge < -0.3 is 15.7 Å². The quantitative estimate of drug-likeness (QED) is 0.873. The number of halogens is 1. The van der Waals surface area contributed by atoms with Gasteiger partial charge in [0, 0.05) is 6.04 Å². The van der Waals surface area contributed by atoms with E-state index < -0.39 is 11.9 Å². The number of carbonyl (C=O) groups is 2. The van der Waals surface area contributed by atoms with Crippen LogP contribution in [0.15, 0.2) is 18.2 Å². The van der Waals surface area contributed by atoms with Gasteiger partial charge in [0.2, 0.25) is 5.91 Å². The average Bonchev–Trinajstić information content (AvgIpc) is 2.89. The predicted molar refractivity (Wildman–Crippen MR) is 77.2 cm³/mol. The summed E-state index contributed by atoms with van der Waals surface area (Å²) in [5, 5.41) is 9.28. The monoisotopic (exact) mass is 296 g/mol. The van der Waals surface area contributed by atoms with Crippen LogP contribution in [0.2, 0.25) is 5.02 Å². The number of aromatic carboxylic acids is 1. The van der Waals surface area contributed by atoms with Crippen molar-refractivity contribution in [3.05, 3.63) is 28.8 Å². The van der Waals surface area contributed by atoms with Crippen LogP contribution in [-0.4, -0.2) is 29.6 Å². The minimum Gasteiger partial charge on any atom is -0.478 e. The van der Waals surface area contributed by atoms with Crippen LogP contribution in [0.25, 0.3) is 0 Å². The fourth-order valence-corrected chi connectivity index (χ4v) is 2.96. The molecule has 0 aromatic heterocycles. The molecular weight excluding hydrogens is 280 g/mol. The first-order valence-electron chi connectivity index (χ1n) is 6.57. The Balaban J connectivity index is 2.32. The molecule has 1 aromatic rings. The zero-order valence-corrected chi connectivity index (χ0v) is 11.8. The lowest BCUT2D eigenvalue weighted by Gasteiger charge is -2.30. The molecule has 0 bridgehead atoms. The molecule has 2 rings (SSSR count). The Morgan fingerprint density at radius 1 is 1.35 bits per heavy atom. The molecule has 5 nitrogen and oxygen atoms in total. The van der Waals surface area contributed by atoms with Crippen molar-refractivity contribution < 1.29 is 14.7 Å². The van der Waals surface area contributed by atoms with E-state index in [4.69, 9.17) is 22.4 Å². The molecule has 6 heteroatoms. The van der Waals surface area contributed by atoms with E-state index in [9.17, 15) is 9.59 Å². The highest BCUT2D eigenvalue weighted by atomic mass is 35.5. The lowest BCUT2D eigenvalue weighted by molar-refractivity contribution is -0.116. The fourth-order valence-electron chi connectivity index (χ4n) is 2.67. The number of amides is 1. The number of rotatable bonds is 5. The molecule has 3 N–H and O–H groups in total. The van der Waals surface area contributed by atoms with Crippen LogP contribution < -0.4 is 10.6 Å². The SMILES string of the molecule is NC(=O)CN(c1ccc(C(=O)O)cc1Cl)C1CCCC1. The van der Waals surface area contributed by atoms with Crippen molar-refractivity contribution in [3.63, 3.8) is 0 Å². The Labute approximate surface area is 122 Å². The highest BCUT2D eigenvalue weighted by Crippen LogP contribution is 2.33. The molecule has 0 unspecified atom stereocenters. The van der Waals surface area contributed by atoms with Crippen LogP contribution in [0.4, 0.5) is 5.69 Å². The topological polar surface area (TPSA) is 83.6 Å². The third kappa shape index (κ3) is 3.22. The summed E-state index contributed by atoms with van der Waals surface area (Å²) in [5.74, 6) is -1.45. The molecule has 1 aliphatic rings. The molecule has 0 spiro atoms. The molecule has 0 saturated heterocycles. The molecule has 108 valence electrons. The third-order valence-corrected chi connectivity index (χ3v) is 3.90. The lowest BCUT2D eigenvalue weighted by atomic mass is 10.1. The number of hydrogen-bond donors (Lipinski definition) is 2. The first-order chi connectivity index (χ1) is 9.49. The van der Waals surface area contributed by atoms with Crippen LogP contribution in [-0.2, 0) is 4.79 Å². The zero-order valence-electron chi connectivity index (χ0n) is 11.0. The van der Waals surface area contributed by atoms with Gasteiger partial charge in [0.05, 0.1) is 22.8 Å². The van der Waals surface area contributed by atoms with Gasteiger partial charge in [-0.2, -0.15) is 0 Å². The summed E-state index contributed by atoms with van der Waals surface area (Å²) in [6, 6.07) is 4.78. The minimum absolute atomic E-state index is 0.0941. The van der Waals surface area contributed by atoms with E-state index in [-0.39, 0.29) is 18.2 Å². The maximum absolute atomic E-state index is 11.3. The van der Waals surface area contributed by atoms with Crippen molar-refractivity contribution in [2.75, 3.05) is 11.4 Å².